The van der Waals surface area contributed by atoms with E-state index in [0.29, 0.717) is 0 Å². The SMILES string of the molecule is C=C(C)Cc1ccc(C#Cc2ccc(C)c3c2C[C@]2(C)C[C@]4(C)CC(C)=C(C(=C)C)C(=C)[C@]4(C)C(C)=C2C3=C)cc1. The van der Waals surface area contributed by atoms with E-state index in [1.54, 1.807) is 0 Å². The van der Waals surface area contributed by atoms with E-state index in [4.69, 9.17) is 13.2 Å². The molecular formula is C41H46. The Balaban J connectivity index is 1.63. The van der Waals surface area contributed by atoms with Crippen LogP contribution < -0.4 is 0 Å². The second-order valence-electron chi connectivity index (χ2n) is 14.0. The number of aryl methyl sites for hydroxylation is 1. The maximum absolute atomic E-state index is 4.80. The molecule has 3 atom stereocenters. The summed E-state index contributed by atoms with van der Waals surface area (Å²) >= 11 is 0. The molecule has 0 heteroatoms. The van der Waals surface area contributed by atoms with Gasteiger partial charge in [0.05, 0.1) is 0 Å². The molecule has 2 aromatic carbocycles. The molecule has 3 aliphatic rings. The maximum atomic E-state index is 4.80. The van der Waals surface area contributed by atoms with E-state index in [1.807, 2.05) is 0 Å². The lowest BCUT2D eigenvalue weighted by atomic mass is 9.41. The van der Waals surface area contributed by atoms with Crippen molar-refractivity contribution in [1.82, 2.24) is 0 Å². The molecule has 41 heavy (non-hydrogen) atoms. The van der Waals surface area contributed by atoms with Crippen LogP contribution >= 0.6 is 0 Å². The zero-order valence-corrected chi connectivity index (χ0v) is 26.6. The van der Waals surface area contributed by atoms with Gasteiger partial charge in [0.1, 0.15) is 0 Å². The van der Waals surface area contributed by atoms with Crippen LogP contribution in [0.15, 0.2) is 102 Å². The predicted molar refractivity (Wildman–Crippen MR) is 178 cm³/mol. The average molecular weight is 539 g/mol. The van der Waals surface area contributed by atoms with Gasteiger partial charge in [-0.25, -0.2) is 0 Å². The number of allylic oxidation sites excluding steroid dienone is 8. The van der Waals surface area contributed by atoms with Crippen molar-refractivity contribution in [2.24, 2.45) is 16.2 Å². The summed E-state index contributed by atoms with van der Waals surface area (Å²) in [6, 6.07) is 13.0. The number of hydrogen-bond acceptors (Lipinski definition) is 0. The minimum absolute atomic E-state index is 0.0157. The number of fused-ring (bicyclic) bond motifs is 3. The molecule has 0 radical (unpaired) electrons. The lowest BCUT2D eigenvalue weighted by Crippen LogP contribution is -2.52. The van der Waals surface area contributed by atoms with Crippen molar-refractivity contribution >= 4 is 5.57 Å². The van der Waals surface area contributed by atoms with E-state index in [2.05, 4.69) is 117 Å². The highest BCUT2D eigenvalue weighted by molar-refractivity contribution is 5.87. The Morgan fingerprint density at radius 2 is 1.54 bits per heavy atom. The quantitative estimate of drug-likeness (QED) is 0.269. The highest BCUT2D eigenvalue weighted by Gasteiger charge is 2.59. The molecule has 0 amide bonds. The van der Waals surface area contributed by atoms with Crippen molar-refractivity contribution in [2.75, 3.05) is 0 Å². The molecule has 0 saturated carbocycles. The molecule has 0 aliphatic heterocycles. The lowest BCUT2D eigenvalue weighted by Gasteiger charge is -2.62. The zero-order chi connectivity index (χ0) is 30.1. The van der Waals surface area contributed by atoms with E-state index in [1.165, 1.54) is 61.3 Å². The molecule has 5 rings (SSSR count). The van der Waals surface area contributed by atoms with Gasteiger partial charge < -0.3 is 0 Å². The molecule has 0 N–H and O–H groups in total. The van der Waals surface area contributed by atoms with E-state index >= 15 is 0 Å². The highest BCUT2D eigenvalue weighted by Crippen LogP contribution is 2.70. The van der Waals surface area contributed by atoms with Crippen LogP contribution in [0.2, 0.25) is 0 Å². The Morgan fingerprint density at radius 1 is 0.878 bits per heavy atom. The van der Waals surface area contributed by atoms with E-state index in [9.17, 15) is 0 Å². The first-order chi connectivity index (χ1) is 19.1. The predicted octanol–water partition coefficient (Wildman–Crippen LogP) is 10.7. The van der Waals surface area contributed by atoms with Crippen molar-refractivity contribution in [2.45, 2.75) is 81.1 Å². The van der Waals surface area contributed by atoms with Crippen LogP contribution in [-0.2, 0) is 12.8 Å². The largest absolute Gasteiger partial charge is 0.0998 e. The van der Waals surface area contributed by atoms with Gasteiger partial charge in [0.25, 0.3) is 0 Å². The van der Waals surface area contributed by atoms with Gasteiger partial charge in [-0.3, -0.25) is 0 Å². The van der Waals surface area contributed by atoms with Gasteiger partial charge in [0.15, 0.2) is 0 Å². The second-order valence-corrected chi connectivity index (χ2v) is 14.0. The standard InChI is InChI=1S/C41H46/c1-25(2)21-33-16-14-32(15-17-33)18-20-34-19-13-27(5)37-29(7)38-31(9)41(12)30(8)36(26(3)4)28(6)22-40(41,11)24-39(38,10)23-35(34)37/h13-17,19H,1,3,7-8,21-24H2,2,4-6,9-12H3/t39-,40+,41-/m1/s1. The minimum Gasteiger partial charge on any atom is -0.0998 e. The molecule has 0 aromatic heterocycles. The Hall–Kier alpha value is -3.56. The summed E-state index contributed by atoms with van der Waals surface area (Å²) in [5.41, 5.74) is 17.6. The van der Waals surface area contributed by atoms with Crippen molar-refractivity contribution in [3.05, 3.63) is 135 Å². The number of hydrogen-bond donors (Lipinski definition) is 0. The Kier molecular flexibility index (Phi) is 6.90. The van der Waals surface area contributed by atoms with Gasteiger partial charge in [-0.1, -0.05) is 99.4 Å². The topological polar surface area (TPSA) is 0 Å². The van der Waals surface area contributed by atoms with Crippen molar-refractivity contribution < 1.29 is 0 Å². The molecule has 0 bridgehead atoms. The lowest BCUT2D eigenvalue weighted by molar-refractivity contribution is 0.0544. The fourth-order valence-corrected chi connectivity index (χ4v) is 8.85. The van der Waals surface area contributed by atoms with Crippen LogP contribution in [0.25, 0.3) is 5.57 Å². The summed E-state index contributed by atoms with van der Waals surface area (Å²) in [7, 11) is 0. The maximum Gasteiger partial charge on any atom is 0.0287 e. The number of benzene rings is 2. The molecular weight excluding hydrogens is 492 g/mol. The summed E-state index contributed by atoms with van der Waals surface area (Å²) in [5, 5.41) is 0. The molecule has 0 unspecified atom stereocenters. The fourth-order valence-electron chi connectivity index (χ4n) is 8.85. The summed E-state index contributed by atoms with van der Waals surface area (Å²) in [4.78, 5) is 0. The average Bonchev–Trinajstić information content (AvgIpc) is 2.86. The molecule has 0 saturated heterocycles. The summed E-state index contributed by atoms with van der Waals surface area (Å²) in [6.07, 6.45) is 4.04. The third kappa shape index (κ3) is 4.37. The Bertz CT molecular complexity index is 1670. The van der Waals surface area contributed by atoms with Crippen molar-refractivity contribution in [3.63, 3.8) is 0 Å². The van der Waals surface area contributed by atoms with Gasteiger partial charge in [-0.15, -0.1) is 0 Å². The van der Waals surface area contributed by atoms with Crippen LogP contribution in [-0.4, -0.2) is 0 Å². The van der Waals surface area contributed by atoms with Crippen LogP contribution in [0, 0.1) is 35.0 Å². The van der Waals surface area contributed by atoms with Crippen molar-refractivity contribution in [3.8, 4) is 11.8 Å². The molecule has 2 aromatic rings. The van der Waals surface area contributed by atoms with Crippen LogP contribution in [0.3, 0.4) is 0 Å². The second kappa shape index (κ2) is 9.77. The molecule has 0 heterocycles. The van der Waals surface area contributed by atoms with Gasteiger partial charge in [0, 0.05) is 16.5 Å². The smallest absolute Gasteiger partial charge is 0.0287 e. The van der Waals surface area contributed by atoms with Gasteiger partial charge >= 0.3 is 0 Å². The molecule has 0 fully saturated rings. The Labute approximate surface area is 249 Å². The van der Waals surface area contributed by atoms with Gasteiger partial charge in [-0.2, -0.15) is 0 Å². The third-order valence-electron chi connectivity index (χ3n) is 10.6. The first-order valence-corrected chi connectivity index (χ1v) is 15.0. The van der Waals surface area contributed by atoms with Crippen LogP contribution in [0.4, 0.5) is 0 Å². The van der Waals surface area contributed by atoms with E-state index in [-0.39, 0.29) is 16.2 Å². The van der Waals surface area contributed by atoms with Crippen LogP contribution in [0.1, 0.15) is 94.7 Å². The number of rotatable bonds is 3. The van der Waals surface area contributed by atoms with Crippen LogP contribution in [0.5, 0.6) is 0 Å². The monoisotopic (exact) mass is 538 g/mol. The zero-order valence-electron chi connectivity index (χ0n) is 26.6. The summed E-state index contributed by atoms with van der Waals surface area (Å²) in [6.45, 7) is 36.4. The molecule has 0 nitrogen and oxygen atoms in total. The van der Waals surface area contributed by atoms with E-state index < -0.39 is 0 Å². The molecule has 0 spiro atoms. The summed E-state index contributed by atoms with van der Waals surface area (Å²) in [5.74, 6) is 7.04. The first-order valence-electron chi connectivity index (χ1n) is 15.0. The Morgan fingerprint density at radius 3 is 2.15 bits per heavy atom. The van der Waals surface area contributed by atoms with Crippen molar-refractivity contribution in [1.29, 1.82) is 0 Å². The van der Waals surface area contributed by atoms with Gasteiger partial charge in [-0.05, 0) is 134 Å². The van der Waals surface area contributed by atoms with E-state index in [0.717, 1.165) is 42.4 Å². The highest BCUT2D eigenvalue weighted by atomic mass is 14.6. The van der Waals surface area contributed by atoms with Gasteiger partial charge in [0.2, 0.25) is 0 Å². The molecule has 210 valence electrons. The summed E-state index contributed by atoms with van der Waals surface area (Å²) < 4.78 is 0. The normalized spacial score (nSPS) is 27.0. The molecule has 3 aliphatic carbocycles. The third-order valence-corrected chi connectivity index (χ3v) is 10.6. The minimum atomic E-state index is -0.141. The fraction of sp³-hybridized carbons (Fsp3) is 0.366. The first kappa shape index (κ1) is 29.0.